The molecule has 44 heavy (non-hydrogen) atoms. The van der Waals surface area contributed by atoms with Crippen LogP contribution in [-0.4, -0.2) is 53.7 Å². The first-order valence-corrected chi connectivity index (χ1v) is 13.7. The first-order valence-electron chi connectivity index (χ1n) is 13.7. The summed E-state index contributed by atoms with van der Waals surface area (Å²) < 4.78 is 107. The Morgan fingerprint density at radius 2 is 1.45 bits per heavy atom. The Labute approximate surface area is 250 Å². The second-order valence-corrected chi connectivity index (χ2v) is 11.9. The smallest absolute Gasteiger partial charge is 0.430 e. The van der Waals surface area contributed by atoms with Crippen LogP contribution in [0.15, 0.2) is 78.9 Å². The Hall–Kier alpha value is -3.64. The monoisotopic (exact) mass is 627 g/mol. The van der Waals surface area contributed by atoms with Gasteiger partial charge in [-0.3, -0.25) is 0 Å². The van der Waals surface area contributed by atoms with Crippen molar-refractivity contribution in [3.8, 4) is 0 Å². The lowest BCUT2D eigenvalue weighted by Crippen LogP contribution is -2.53. The number of aliphatic hydroxyl groups is 1. The minimum atomic E-state index is -6.04. The van der Waals surface area contributed by atoms with Gasteiger partial charge in [0, 0.05) is 30.0 Å². The van der Waals surface area contributed by atoms with E-state index in [4.69, 9.17) is 9.47 Å². The van der Waals surface area contributed by atoms with Gasteiger partial charge >= 0.3 is 18.4 Å². The van der Waals surface area contributed by atoms with Crippen molar-refractivity contribution in [1.29, 1.82) is 0 Å². The third-order valence-electron chi connectivity index (χ3n) is 7.64. The molecule has 0 aliphatic carbocycles. The van der Waals surface area contributed by atoms with Gasteiger partial charge in [-0.05, 0) is 49.6 Å². The van der Waals surface area contributed by atoms with Crippen LogP contribution in [0.3, 0.4) is 0 Å². The summed E-state index contributed by atoms with van der Waals surface area (Å²) in [6.45, 7) is 5.09. The van der Waals surface area contributed by atoms with Crippen molar-refractivity contribution in [2.24, 2.45) is 0 Å². The van der Waals surface area contributed by atoms with Gasteiger partial charge in [0.25, 0.3) is 5.60 Å². The zero-order chi connectivity index (χ0) is 32.6. The number of nitrogens with zero attached hydrogens (tertiary/aromatic N) is 1. The summed E-state index contributed by atoms with van der Waals surface area (Å²) >= 11 is 0. The molecule has 12 heteroatoms. The molecule has 1 aliphatic heterocycles. The molecule has 0 bridgehead atoms. The number of ether oxygens (including phenoxy) is 2. The molecule has 2 atom stereocenters. The number of amides is 1. The van der Waals surface area contributed by atoms with E-state index in [1.54, 1.807) is 20.8 Å². The molecular formula is C32H32F7NO4. The maximum Gasteiger partial charge on any atom is 0.430 e. The summed E-state index contributed by atoms with van der Waals surface area (Å²) in [5.74, 6) is -1.27. The summed E-state index contributed by atoms with van der Waals surface area (Å²) in [7, 11) is 0. The first-order chi connectivity index (χ1) is 20.4. The molecule has 238 valence electrons. The van der Waals surface area contributed by atoms with Crippen molar-refractivity contribution in [3.05, 3.63) is 107 Å². The van der Waals surface area contributed by atoms with Crippen LogP contribution in [0.25, 0.3) is 0 Å². The number of likely N-dealkylation sites (tertiary alicyclic amines) is 1. The summed E-state index contributed by atoms with van der Waals surface area (Å²) in [5.41, 5.74) is -6.83. The fourth-order valence-electron chi connectivity index (χ4n) is 5.47. The third kappa shape index (κ3) is 6.71. The quantitative estimate of drug-likeness (QED) is 0.274. The molecule has 1 amide bonds. The largest absolute Gasteiger partial charge is 0.444 e. The van der Waals surface area contributed by atoms with Gasteiger partial charge in [-0.25, -0.2) is 9.18 Å². The van der Waals surface area contributed by atoms with Crippen LogP contribution >= 0.6 is 0 Å². The summed E-state index contributed by atoms with van der Waals surface area (Å²) in [5, 5.41) is 9.89. The minimum absolute atomic E-state index is 0.0101. The van der Waals surface area contributed by atoms with Crippen molar-refractivity contribution in [1.82, 2.24) is 4.90 Å². The predicted molar refractivity (Wildman–Crippen MR) is 147 cm³/mol. The second kappa shape index (κ2) is 12.0. The maximum absolute atomic E-state index is 14.0. The molecule has 0 spiro atoms. The fourth-order valence-corrected chi connectivity index (χ4v) is 5.47. The molecule has 2 unspecified atom stereocenters. The number of alkyl halides is 6. The molecule has 4 rings (SSSR count). The van der Waals surface area contributed by atoms with Crippen molar-refractivity contribution >= 4 is 6.09 Å². The molecule has 0 radical (unpaired) electrons. The van der Waals surface area contributed by atoms with Crippen LogP contribution in [0.5, 0.6) is 0 Å². The number of rotatable bonds is 7. The van der Waals surface area contributed by atoms with E-state index >= 15 is 0 Å². The van der Waals surface area contributed by atoms with Gasteiger partial charge in [-0.15, -0.1) is 0 Å². The average Bonchev–Trinajstić information content (AvgIpc) is 3.32. The van der Waals surface area contributed by atoms with Crippen molar-refractivity contribution in [2.75, 3.05) is 19.7 Å². The van der Waals surface area contributed by atoms with Crippen LogP contribution in [0.1, 0.15) is 48.9 Å². The van der Waals surface area contributed by atoms with E-state index in [2.05, 4.69) is 0 Å². The molecule has 0 aromatic heterocycles. The van der Waals surface area contributed by atoms with Gasteiger partial charge < -0.3 is 19.5 Å². The molecule has 3 aromatic rings. The molecular weight excluding hydrogens is 595 g/mol. The number of carbonyl (C=O) groups is 1. The standard InChI is InChI=1S/C32H32F7NO4/c1-28(2,3)44-27(41)40-17-26(22-9-11-24(12-10-22)30(42,31(34,35)36)32(37,38)39)29(19-40,23-13-15-25(33)16-14-23)20-43-18-21-7-5-4-6-8-21/h4-16,26,42H,17-20H2,1-3H3. The lowest BCUT2D eigenvalue weighted by Gasteiger charge is -2.36. The van der Waals surface area contributed by atoms with Crippen LogP contribution in [0.2, 0.25) is 0 Å². The van der Waals surface area contributed by atoms with Crippen LogP contribution in [0.4, 0.5) is 35.5 Å². The molecule has 1 saturated heterocycles. The number of hydrogen-bond donors (Lipinski definition) is 1. The van der Waals surface area contributed by atoms with E-state index in [1.165, 1.54) is 29.2 Å². The van der Waals surface area contributed by atoms with E-state index in [-0.39, 0.29) is 31.9 Å². The lowest BCUT2D eigenvalue weighted by molar-refractivity contribution is -0.376. The predicted octanol–water partition coefficient (Wildman–Crippen LogP) is 7.63. The highest BCUT2D eigenvalue weighted by Crippen LogP contribution is 2.51. The fraction of sp³-hybridized carbons (Fsp3) is 0.406. The zero-order valence-corrected chi connectivity index (χ0v) is 24.2. The molecule has 3 aromatic carbocycles. The van der Waals surface area contributed by atoms with E-state index in [0.29, 0.717) is 17.7 Å². The number of benzene rings is 3. The van der Waals surface area contributed by atoms with Gasteiger partial charge in [-0.2, -0.15) is 26.3 Å². The minimum Gasteiger partial charge on any atom is -0.444 e. The van der Waals surface area contributed by atoms with E-state index < -0.39 is 52.4 Å². The molecule has 1 fully saturated rings. The van der Waals surface area contributed by atoms with Crippen LogP contribution in [-0.2, 0) is 27.1 Å². The maximum atomic E-state index is 14.0. The topological polar surface area (TPSA) is 59.0 Å². The van der Waals surface area contributed by atoms with Gasteiger partial charge in [0.1, 0.15) is 11.4 Å². The number of carbonyl (C=O) groups excluding carboxylic acids is 1. The zero-order valence-electron chi connectivity index (χ0n) is 24.2. The molecule has 1 aliphatic rings. The summed E-state index contributed by atoms with van der Waals surface area (Å²) in [6.07, 6.45) is -12.8. The second-order valence-electron chi connectivity index (χ2n) is 11.9. The average molecular weight is 628 g/mol. The lowest BCUT2D eigenvalue weighted by atomic mass is 9.70. The van der Waals surface area contributed by atoms with Crippen LogP contribution in [0, 0.1) is 5.82 Å². The van der Waals surface area contributed by atoms with Crippen LogP contribution < -0.4 is 0 Å². The molecule has 1 N–H and O–H groups in total. The van der Waals surface area contributed by atoms with Gasteiger partial charge in [-0.1, -0.05) is 66.7 Å². The highest BCUT2D eigenvalue weighted by Gasteiger charge is 2.71. The SMILES string of the molecule is CC(C)(C)OC(=O)N1CC(c2ccc(C(O)(C(F)(F)F)C(F)(F)F)cc2)C(COCc2ccccc2)(c2ccc(F)cc2)C1. The van der Waals surface area contributed by atoms with Gasteiger partial charge in [0.2, 0.25) is 0 Å². The number of hydrogen-bond acceptors (Lipinski definition) is 4. The normalized spacial score (nSPS) is 19.7. The Morgan fingerprint density at radius 3 is 1.98 bits per heavy atom. The van der Waals surface area contributed by atoms with E-state index in [0.717, 1.165) is 17.7 Å². The van der Waals surface area contributed by atoms with Crippen molar-refractivity contribution in [2.45, 2.75) is 62.3 Å². The first kappa shape index (κ1) is 33.3. The van der Waals surface area contributed by atoms with E-state index in [1.807, 2.05) is 30.3 Å². The number of halogens is 7. The third-order valence-corrected chi connectivity index (χ3v) is 7.64. The van der Waals surface area contributed by atoms with Gasteiger partial charge in [0.05, 0.1) is 13.2 Å². The molecule has 1 heterocycles. The summed E-state index contributed by atoms with van der Waals surface area (Å²) in [6, 6.07) is 17.9. The Balaban J connectivity index is 1.80. The Kier molecular flexibility index (Phi) is 9.10. The highest BCUT2D eigenvalue weighted by atomic mass is 19.4. The molecule has 0 saturated carbocycles. The molecule has 5 nitrogen and oxygen atoms in total. The highest BCUT2D eigenvalue weighted by molar-refractivity contribution is 5.69. The Bertz CT molecular complexity index is 1400. The van der Waals surface area contributed by atoms with Crippen molar-refractivity contribution in [3.63, 3.8) is 0 Å². The van der Waals surface area contributed by atoms with Gasteiger partial charge in [0.15, 0.2) is 0 Å². The Morgan fingerprint density at radius 1 is 0.886 bits per heavy atom. The van der Waals surface area contributed by atoms with E-state index in [9.17, 15) is 40.6 Å². The summed E-state index contributed by atoms with van der Waals surface area (Å²) in [4.78, 5) is 14.6. The van der Waals surface area contributed by atoms with Crippen molar-refractivity contribution < 1.29 is 50.1 Å².